The molecule has 0 saturated heterocycles. The molecule has 0 bridgehead atoms. The van der Waals surface area contributed by atoms with Crippen LogP contribution in [0.4, 0.5) is 11.9 Å². The van der Waals surface area contributed by atoms with E-state index in [1.54, 1.807) is 23.8 Å². The van der Waals surface area contributed by atoms with Crippen molar-refractivity contribution in [2.75, 3.05) is 17.2 Å². The Morgan fingerprint density at radius 3 is 2.22 bits per heavy atom. The number of aliphatic carboxylic acids is 2. The van der Waals surface area contributed by atoms with Crippen LogP contribution in [-0.4, -0.2) is 75.7 Å². The predicted octanol–water partition coefficient (Wildman–Crippen LogP) is 2.79. The first-order valence-corrected chi connectivity index (χ1v) is 12.8. The van der Waals surface area contributed by atoms with Gasteiger partial charge >= 0.3 is 11.9 Å². The Balaban J connectivity index is 0.000000507. The largest absolute Gasteiger partial charge is 0.478 e. The Morgan fingerprint density at radius 2 is 1.68 bits per heavy atom. The highest BCUT2D eigenvalue weighted by atomic mass is 16.4. The van der Waals surface area contributed by atoms with Gasteiger partial charge in [0.1, 0.15) is 0 Å². The first-order valence-electron chi connectivity index (χ1n) is 12.8. The van der Waals surface area contributed by atoms with E-state index in [-0.39, 0.29) is 12.5 Å². The van der Waals surface area contributed by atoms with Crippen LogP contribution in [0.15, 0.2) is 67.0 Å². The van der Waals surface area contributed by atoms with Gasteiger partial charge in [0.2, 0.25) is 11.9 Å². The summed E-state index contributed by atoms with van der Waals surface area (Å²) in [6.07, 6.45) is 3.93. The van der Waals surface area contributed by atoms with Crippen LogP contribution in [0.1, 0.15) is 37.8 Å². The van der Waals surface area contributed by atoms with Crippen LogP contribution in [0.2, 0.25) is 0 Å². The molecule has 0 amide bonds. The number of aromatic nitrogens is 5. The molecule has 3 aromatic heterocycles. The first kappa shape index (κ1) is 30.7. The minimum absolute atomic E-state index is 0.225. The summed E-state index contributed by atoms with van der Waals surface area (Å²) in [4.78, 5) is 32.7. The molecule has 2 atom stereocenters. The first-order chi connectivity index (χ1) is 19.6. The lowest BCUT2D eigenvalue weighted by atomic mass is 10.1. The Hall–Kier alpha value is -4.88. The zero-order valence-corrected chi connectivity index (χ0v) is 22.8. The van der Waals surface area contributed by atoms with Gasteiger partial charge in [0, 0.05) is 36.0 Å². The van der Waals surface area contributed by atoms with E-state index in [1.165, 1.54) is 0 Å². The summed E-state index contributed by atoms with van der Waals surface area (Å²) in [6.45, 7) is 6.06. The third-order valence-electron chi connectivity index (χ3n) is 5.84. The molecule has 3 heterocycles. The molecule has 13 nitrogen and oxygen atoms in total. The van der Waals surface area contributed by atoms with Crippen molar-refractivity contribution in [1.29, 1.82) is 0 Å². The number of anilines is 2. The summed E-state index contributed by atoms with van der Waals surface area (Å²) in [5, 5.41) is 46.0. The topological polar surface area (TPSA) is 195 Å². The number of aliphatic hydroxyl groups is 2. The lowest BCUT2D eigenvalue weighted by molar-refractivity contribution is -0.134. The Morgan fingerprint density at radius 1 is 1.00 bits per heavy atom. The molecule has 41 heavy (non-hydrogen) atoms. The van der Waals surface area contributed by atoms with E-state index < -0.39 is 24.1 Å². The van der Waals surface area contributed by atoms with Crippen LogP contribution < -0.4 is 10.6 Å². The fourth-order valence-corrected chi connectivity index (χ4v) is 3.62. The van der Waals surface area contributed by atoms with Crippen molar-refractivity contribution in [3.63, 3.8) is 0 Å². The molecule has 6 N–H and O–H groups in total. The van der Waals surface area contributed by atoms with Gasteiger partial charge in [-0.15, -0.1) is 0 Å². The number of fused-ring (bicyclic) bond motifs is 1. The molecule has 0 radical (unpaired) electrons. The van der Waals surface area contributed by atoms with Crippen molar-refractivity contribution in [2.45, 2.75) is 45.4 Å². The van der Waals surface area contributed by atoms with Crippen molar-refractivity contribution in [1.82, 2.24) is 24.6 Å². The van der Waals surface area contributed by atoms with E-state index in [1.807, 2.05) is 42.5 Å². The van der Waals surface area contributed by atoms with Crippen LogP contribution >= 0.6 is 0 Å². The number of aliphatic hydroxyl groups excluding tert-OH is 2. The maximum atomic E-state index is 9.90. The number of carboxylic acids is 2. The van der Waals surface area contributed by atoms with Gasteiger partial charge in [0.05, 0.1) is 30.6 Å². The summed E-state index contributed by atoms with van der Waals surface area (Å²) in [5.41, 5.74) is 4.72. The molecule has 4 rings (SSSR count). The van der Waals surface area contributed by atoms with Crippen molar-refractivity contribution in [2.24, 2.45) is 0 Å². The van der Waals surface area contributed by atoms with Gasteiger partial charge < -0.3 is 31.1 Å². The minimum atomic E-state index is -1.26. The van der Waals surface area contributed by atoms with E-state index >= 15 is 0 Å². The smallest absolute Gasteiger partial charge is 0.328 e. The lowest BCUT2D eigenvalue weighted by Gasteiger charge is -2.19. The van der Waals surface area contributed by atoms with E-state index in [4.69, 9.17) is 10.2 Å². The molecule has 0 saturated carbocycles. The second-order valence-electron chi connectivity index (χ2n) is 9.31. The number of hydrogen-bond acceptors (Lipinski definition) is 10. The molecular weight excluding hydrogens is 530 g/mol. The highest BCUT2D eigenvalue weighted by Crippen LogP contribution is 2.23. The molecular formula is C28H33N7O6. The molecule has 0 fully saturated rings. The van der Waals surface area contributed by atoms with Crippen molar-refractivity contribution in [3.8, 4) is 11.3 Å². The summed E-state index contributed by atoms with van der Waals surface area (Å²) in [5.74, 6) is -1.45. The average molecular weight is 564 g/mol. The van der Waals surface area contributed by atoms with Crippen LogP contribution in [0.3, 0.4) is 0 Å². The highest BCUT2D eigenvalue weighted by molar-refractivity contribution is 5.89. The number of nitrogens with one attached hydrogen (secondary N) is 2. The Labute approximate surface area is 236 Å². The van der Waals surface area contributed by atoms with Crippen LogP contribution in [0.5, 0.6) is 0 Å². The molecule has 0 aliphatic heterocycles. The quantitative estimate of drug-likeness (QED) is 0.146. The highest BCUT2D eigenvalue weighted by Gasteiger charge is 2.19. The van der Waals surface area contributed by atoms with Crippen molar-refractivity contribution >= 4 is 29.5 Å². The van der Waals surface area contributed by atoms with Crippen molar-refractivity contribution in [3.05, 3.63) is 78.1 Å². The molecule has 0 spiro atoms. The number of carboxylic acid groups (broad SMARTS) is 2. The third-order valence-corrected chi connectivity index (χ3v) is 5.84. The number of pyridine rings is 1. The van der Waals surface area contributed by atoms with E-state index in [0.717, 1.165) is 22.4 Å². The lowest BCUT2D eigenvalue weighted by Crippen LogP contribution is -2.35. The zero-order chi connectivity index (χ0) is 29.9. The standard InChI is InChI=1S/C24H29N7O2.C4H4O4/c1-15(2)19-13-27-31-22(19)29-23(28-21(14-32)16(3)33)30-24(31)26-12-17-7-9-18(10-8-17)20-6-4-5-11-25-20;5-3(6)1-2-4(7)8/h4-11,13,15-16,21,32-33H,12,14H2,1-3H3,(H2,26,28,29,30);1-2H,(H,5,6)(H,7,8)/t16-,21-;/m1./s1. The molecule has 13 heteroatoms. The van der Waals surface area contributed by atoms with E-state index in [0.29, 0.717) is 36.2 Å². The van der Waals surface area contributed by atoms with Gasteiger partial charge in [-0.1, -0.05) is 44.2 Å². The van der Waals surface area contributed by atoms with Crippen LogP contribution in [0, 0.1) is 0 Å². The zero-order valence-electron chi connectivity index (χ0n) is 22.8. The van der Waals surface area contributed by atoms with Gasteiger partial charge in [0.25, 0.3) is 0 Å². The van der Waals surface area contributed by atoms with E-state index in [9.17, 15) is 19.8 Å². The molecule has 0 aliphatic carbocycles. The Kier molecular flexibility index (Phi) is 10.8. The summed E-state index contributed by atoms with van der Waals surface area (Å²) in [7, 11) is 0. The molecule has 0 unspecified atom stereocenters. The predicted molar refractivity (Wildman–Crippen MR) is 152 cm³/mol. The maximum absolute atomic E-state index is 9.90. The second kappa shape index (κ2) is 14.5. The van der Waals surface area contributed by atoms with Gasteiger partial charge in [-0.2, -0.15) is 19.6 Å². The third kappa shape index (κ3) is 8.81. The SMILES string of the molecule is CC(C)c1cnn2c(NCc3ccc(-c4ccccn4)cc3)nc(N[C@H](CO)[C@@H](C)O)nc12.O=C(O)C=CC(=O)O. The number of rotatable bonds is 11. The number of nitrogens with zero attached hydrogens (tertiary/aromatic N) is 5. The molecule has 216 valence electrons. The summed E-state index contributed by atoms with van der Waals surface area (Å²) >= 11 is 0. The number of carbonyl (C=O) groups is 2. The van der Waals surface area contributed by atoms with Gasteiger partial charge in [0.15, 0.2) is 5.65 Å². The second-order valence-corrected chi connectivity index (χ2v) is 9.31. The maximum Gasteiger partial charge on any atom is 0.328 e. The van der Waals surface area contributed by atoms with Crippen LogP contribution in [-0.2, 0) is 16.1 Å². The normalized spacial score (nSPS) is 12.5. The minimum Gasteiger partial charge on any atom is -0.478 e. The average Bonchev–Trinajstić information content (AvgIpc) is 3.39. The number of benzene rings is 1. The number of hydrogen-bond donors (Lipinski definition) is 6. The monoisotopic (exact) mass is 563 g/mol. The molecule has 4 aromatic rings. The van der Waals surface area contributed by atoms with Crippen LogP contribution in [0.25, 0.3) is 16.9 Å². The van der Waals surface area contributed by atoms with Gasteiger partial charge in [-0.3, -0.25) is 4.98 Å². The van der Waals surface area contributed by atoms with E-state index in [2.05, 4.69) is 44.5 Å². The fraction of sp³-hybridized carbons (Fsp3) is 0.286. The molecule has 1 aromatic carbocycles. The molecule has 0 aliphatic rings. The van der Waals surface area contributed by atoms with Gasteiger partial charge in [-0.05, 0) is 30.5 Å². The summed E-state index contributed by atoms with van der Waals surface area (Å²) < 4.78 is 1.68. The summed E-state index contributed by atoms with van der Waals surface area (Å²) in [6, 6.07) is 13.5. The Bertz CT molecular complexity index is 1450. The van der Waals surface area contributed by atoms with Crippen molar-refractivity contribution < 1.29 is 30.0 Å². The fourth-order valence-electron chi connectivity index (χ4n) is 3.62. The van der Waals surface area contributed by atoms with Gasteiger partial charge in [-0.25, -0.2) is 9.59 Å².